The quantitative estimate of drug-likeness (QED) is 0.875. The van der Waals surface area contributed by atoms with Crippen LogP contribution in [0.4, 0.5) is 0 Å². The number of carboxylic acid groups (broad SMARTS) is 1. The molecule has 0 aliphatic carbocycles. The highest BCUT2D eigenvalue weighted by atomic mass is 16.4. The molecule has 0 spiro atoms. The Bertz CT molecular complexity index is 485. The van der Waals surface area contributed by atoms with E-state index in [0.29, 0.717) is 6.42 Å². The first kappa shape index (κ1) is 11.5. The van der Waals surface area contributed by atoms with Crippen molar-refractivity contribution in [3.63, 3.8) is 0 Å². The highest BCUT2D eigenvalue weighted by Crippen LogP contribution is 2.13. The molecule has 0 radical (unpaired) electrons. The zero-order chi connectivity index (χ0) is 12.3. The van der Waals surface area contributed by atoms with Crippen LogP contribution in [0.5, 0.6) is 0 Å². The van der Waals surface area contributed by atoms with Crippen molar-refractivity contribution in [2.24, 2.45) is 5.92 Å². The lowest BCUT2D eigenvalue weighted by molar-refractivity contribution is -0.141. The van der Waals surface area contributed by atoms with Gasteiger partial charge in [-0.15, -0.1) is 0 Å². The summed E-state index contributed by atoms with van der Waals surface area (Å²) in [7, 11) is 0. The summed E-state index contributed by atoms with van der Waals surface area (Å²) in [6.07, 6.45) is 4.53. The second kappa shape index (κ2) is 4.87. The van der Waals surface area contributed by atoms with E-state index in [1.54, 1.807) is 6.92 Å². The normalized spacial score (nSPS) is 12.3. The summed E-state index contributed by atoms with van der Waals surface area (Å²) < 4.78 is 2.02. The Morgan fingerprint density at radius 3 is 2.35 bits per heavy atom. The third-order valence-electron chi connectivity index (χ3n) is 2.80. The van der Waals surface area contributed by atoms with E-state index in [0.717, 1.165) is 11.3 Å². The number of carboxylic acids is 1. The largest absolute Gasteiger partial charge is 0.481 e. The maximum atomic E-state index is 10.8. The molecule has 0 amide bonds. The highest BCUT2D eigenvalue weighted by Gasteiger charge is 2.11. The fourth-order valence-corrected chi connectivity index (χ4v) is 1.75. The van der Waals surface area contributed by atoms with Crippen molar-refractivity contribution in [1.29, 1.82) is 0 Å². The number of hydrogen-bond acceptors (Lipinski definition) is 1. The Morgan fingerprint density at radius 2 is 1.82 bits per heavy atom. The van der Waals surface area contributed by atoms with Crippen molar-refractivity contribution < 1.29 is 9.90 Å². The van der Waals surface area contributed by atoms with E-state index in [-0.39, 0.29) is 5.92 Å². The molecular weight excluding hydrogens is 214 g/mol. The van der Waals surface area contributed by atoms with Crippen LogP contribution in [0.2, 0.25) is 0 Å². The first-order valence-electron chi connectivity index (χ1n) is 5.62. The summed E-state index contributed by atoms with van der Waals surface area (Å²) in [5.74, 6) is -1.09. The van der Waals surface area contributed by atoms with Crippen LogP contribution in [0.25, 0.3) is 5.69 Å². The molecule has 88 valence electrons. The molecule has 0 aliphatic rings. The van der Waals surface area contributed by atoms with Gasteiger partial charge in [0.15, 0.2) is 0 Å². The molecule has 1 heterocycles. The van der Waals surface area contributed by atoms with Gasteiger partial charge in [-0.3, -0.25) is 4.79 Å². The molecule has 1 atom stereocenters. The monoisotopic (exact) mass is 229 g/mol. The van der Waals surface area contributed by atoms with Gasteiger partial charge in [0.05, 0.1) is 5.92 Å². The Balaban J connectivity index is 2.11. The molecule has 1 aromatic heterocycles. The first-order chi connectivity index (χ1) is 8.16. The van der Waals surface area contributed by atoms with Gasteiger partial charge < -0.3 is 9.67 Å². The van der Waals surface area contributed by atoms with Gasteiger partial charge in [0.2, 0.25) is 0 Å². The number of rotatable bonds is 4. The van der Waals surface area contributed by atoms with Gasteiger partial charge in [-0.25, -0.2) is 0 Å². The minimum atomic E-state index is -0.750. The zero-order valence-electron chi connectivity index (χ0n) is 9.71. The van der Waals surface area contributed by atoms with Crippen LogP contribution >= 0.6 is 0 Å². The molecule has 0 saturated carbocycles. The lowest BCUT2D eigenvalue weighted by atomic mass is 10.0. The van der Waals surface area contributed by atoms with E-state index in [2.05, 4.69) is 0 Å². The molecule has 2 aromatic rings. The van der Waals surface area contributed by atoms with Gasteiger partial charge in [-0.05, 0) is 36.2 Å². The van der Waals surface area contributed by atoms with Gasteiger partial charge in [-0.2, -0.15) is 0 Å². The number of hydrogen-bond donors (Lipinski definition) is 1. The van der Waals surface area contributed by atoms with Crippen molar-refractivity contribution in [3.8, 4) is 5.69 Å². The van der Waals surface area contributed by atoms with E-state index in [1.165, 1.54) is 0 Å². The van der Waals surface area contributed by atoms with Gasteiger partial charge in [-0.1, -0.05) is 19.1 Å². The van der Waals surface area contributed by atoms with Gasteiger partial charge >= 0.3 is 5.97 Å². The fourth-order valence-electron chi connectivity index (χ4n) is 1.75. The van der Waals surface area contributed by atoms with Crippen LogP contribution in [0.1, 0.15) is 12.5 Å². The second-order valence-corrected chi connectivity index (χ2v) is 4.20. The molecule has 3 nitrogen and oxygen atoms in total. The molecule has 1 N–H and O–H groups in total. The van der Waals surface area contributed by atoms with Crippen LogP contribution in [0.15, 0.2) is 48.8 Å². The van der Waals surface area contributed by atoms with Crippen molar-refractivity contribution in [2.45, 2.75) is 13.3 Å². The first-order valence-corrected chi connectivity index (χ1v) is 5.62. The average Bonchev–Trinajstić information content (AvgIpc) is 2.83. The molecule has 0 bridgehead atoms. The minimum Gasteiger partial charge on any atom is -0.481 e. The maximum Gasteiger partial charge on any atom is 0.306 e. The minimum absolute atomic E-state index is 0.340. The van der Waals surface area contributed by atoms with Crippen LogP contribution in [0, 0.1) is 5.92 Å². The lowest BCUT2D eigenvalue weighted by Crippen LogP contribution is -2.12. The van der Waals surface area contributed by atoms with Gasteiger partial charge in [0.25, 0.3) is 0 Å². The van der Waals surface area contributed by atoms with Crippen LogP contribution in [-0.4, -0.2) is 15.6 Å². The Hall–Kier alpha value is -2.03. The van der Waals surface area contributed by atoms with Crippen molar-refractivity contribution in [2.75, 3.05) is 0 Å². The standard InChI is InChI=1S/C14H15NO2/c1-11(14(16)17)10-12-4-6-13(7-5-12)15-8-2-3-9-15/h2-9,11H,10H2,1H3,(H,16,17). The molecule has 1 unspecified atom stereocenters. The lowest BCUT2D eigenvalue weighted by Gasteiger charge is -2.08. The third kappa shape index (κ3) is 2.75. The summed E-state index contributed by atoms with van der Waals surface area (Å²) in [5, 5.41) is 8.84. The van der Waals surface area contributed by atoms with E-state index in [4.69, 9.17) is 5.11 Å². The molecule has 3 heteroatoms. The molecule has 2 rings (SSSR count). The zero-order valence-corrected chi connectivity index (χ0v) is 9.71. The molecule has 0 fully saturated rings. The summed E-state index contributed by atoms with van der Waals surface area (Å²) in [6, 6.07) is 11.9. The second-order valence-electron chi connectivity index (χ2n) is 4.20. The SMILES string of the molecule is CC(Cc1ccc(-n2cccc2)cc1)C(=O)O. The Labute approximate surface area is 100 Å². The topological polar surface area (TPSA) is 42.2 Å². The number of carbonyl (C=O) groups is 1. The maximum absolute atomic E-state index is 10.8. The number of aliphatic carboxylic acids is 1. The third-order valence-corrected chi connectivity index (χ3v) is 2.80. The van der Waals surface area contributed by atoms with Crippen LogP contribution in [0.3, 0.4) is 0 Å². The molecule has 17 heavy (non-hydrogen) atoms. The predicted octanol–water partition coefficient (Wildman–Crippen LogP) is 2.74. The fraction of sp³-hybridized carbons (Fsp3) is 0.214. The predicted molar refractivity (Wildman–Crippen MR) is 66.3 cm³/mol. The van der Waals surface area contributed by atoms with Crippen LogP contribution in [-0.2, 0) is 11.2 Å². The number of nitrogens with zero attached hydrogens (tertiary/aromatic N) is 1. The average molecular weight is 229 g/mol. The number of benzene rings is 1. The van der Waals surface area contributed by atoms with E-state index in [9.17, 15) is 4.79 Å². The molecular formula is C14H15NO2. The summed E-state index contributed by atoms with van der Waals surface area (Å²) in [4.78, 5) is 10.8. The summed E-state index contributed by atoms with van der Waals surface area (Å²) >= 11 is 0. The van der Waals surface area contributed by atoms with Crippen LogP contribution < -0.4 is 0 Å². The van der Waals surface area contributed by atoms with Gasteiger partial charge in [0.1, 0.15) is 0 Å². The van der Waals surface area contributed by atoms with E-state index >= 15 is 0 Å². The highest BCUT2D eigenvalue weighted by molar-refractivity contribution is 5.69. The summed E-state index contributed by atoms with van der Waals surface area (Å²) in [5.41, 5.74) is 2.14. The van der Waals surface area contributed by atoms with Crippen molar-refractivity contribution >= 4 is 5.97 Å². The molecule has 1 aromatic carbocycles. The molecule has 0 aliphatic heterocycles. The van der Waals surface area contributed by atoms with Crippen molar-refractivity contribution in [3.05, 3.63) is 54.4 Å². The van der Waals surface area contributed by atoms with Crippen molar-refractivity contribution in [1.82, 2.24) is 4.57 Å². The van der Waals surface area contributed by atoms with E-state index in [1.807, 2.05) is 53.4 Å². The Kier molecular flexibility index (Phi) is 3.28. The molecule has 0 saturated heterocycles. The van der Waals surface area contributed by atoms with E-state index < -0.39 is 5.97 Å². The number of aromatic nitrogens is 1. The smallest absolute Gasteiger partial charge is 0.306 e. The van der Waals surface area contributed by atoms with Gasteiger partial charge in [0, 0.05) is 18.1 Å². The summed E-state index contributed by atoms with van der Waals surface area (Å²) in [6.45, 7) is 1.72. The Morgan fingerprint density at radius 1 is 1.24 bits per heavy atom.